The van der Waals surface area contributed by atoms with Crippen molar-refractivity contribution in [3.63, 3.8) is 0 Å². The zero-order chi connectivity index (χ0) is 15.2. The lowest BCUT2D eigenvalue weighted by molar-refractivity contribution is 0.577. The number of benzene rings is 1. The number of rotatable bonds is 6. The van der Waals surface area contributed by atoms with Crippen molar-refractivity contribution in [1.29, 1.82) is 0 Å². The molecule has 0 amide bonds. The van der Waals surface area contributed by atoms with E-state index in [0.717, 1.165) is 11.6 Å². The summed E-state index contributed by atoms with van der Waals surface area (Å²) in [5, 5.41) is 5.71. The largest absolute Gasteiger partial charge is 0.368 e. The van der Waals surface area contributed by atoms with Gasteiger partial charge in [-0.05, 0) is 18.4 Å². The van der Waals surface area contributed by atoms with Crippen LogP contribution in [0.25, 0.3) is 0 Å². The third-order valence-electron chi connectivity index (χ3n) is 3.22. The lowest BCUT2D eigenvalue weighted by Gasteiger charge is -2.15. The van der Waals surface area contributed by atoms with E-state index in [0.29, 0.717) is 13.1 Å². The lowest BCUT2D eigenvalue weighted by atomic mass is 10.0. The van der Waals surface area contributed by atoms with Gasteiger partial charge in [0.05, 0.1) is 0 Å². The molecule has 0 fully saturated rings. The Morgan fingerprint density at radius 1 is 1.05 bits per heavy atom. The van der Waals surface area contributed by atoms with Crippen molar-refractivity contribution in [3.05, 3.63) is 53.6 Å². The third kappa shape index (κ3) is 3.90. The Hall–Kier alpha value is -2.17. The minimum atomic E-state index is -0.686. The summed E-state index contributed by atoms with van der Waals surface area (Å²) >= 11 is 0. The standard InChI is InChI=1S/C16H19F2N3/c1-3-19-15-13(17)9-14(18)16(21-15)20-10-11(2)12-7-5-4-6-8-12/h4-9,11H,3,10H2,1-2H3,(H2,19,20,21). The van der Waals surface area contributed by atoms with Crippen molar-refractivity contribution in [2.75, 3.05) is 23.7 Å². The van der Waals surface area contributed by atoms with E-state index >= 15 is 0 Å². The number of anilines is 2. The smallest absolute Gasteiger partial charge is 0.168 e. The molecule has 112 valence electrons. The first-order chi connectivity index (χ1) is 10.1. The van der Waals surface area contributed by atoms with Crippen molar-refractivity contribution >= 4 is 11.6 Å². The van der Waals surface area contributed by atoms with Gasteiger partial charge in [-0.25, -0.2) is 13.8 Å². The van der Waals surface area contributed by atoms with Crippen LogP contribution < -0.4 is 10.6 Å². The minimum Gasteiger partial charge on any atom is -0.368 e. The molecule has 1 aromatic heterocycles. The van der Waals surface area contributed by atoms with E-state index < -0.39 is 11.6 Å². The van der Waals surface area contributed by atoms with Crippen molar-refractivity contribution in [2.24, 2.45) is 0 Å². The van der Waals surface area contributed by atoms with Crippen molar-refractivity contribution in [3.8, 4) is 0 Å². The molecule has 2 N–H and O–H groups in total. The number of hydrogen-bond donors (Lipinski definition) is 2. The summed E-state index contributed by atoms with van der Waals surface area (Å²) in [6.45, 7) is 4.91. The Kier molecular flexibility index (Phi) is 5.09. The molecule has 0 bridgehead atoms. The van der Waals surface area contributed by atoms with Crippen LogP contribution in [0.1, 0.15) is 25.3 Å². The predicted molar refractivity (Wildman–Crippen MR) is 81.7 cm³/mol. The van der Waals surface area contributed by atoms with Crippen molar-refractivity contribution in [2.45, 2.75) is 19.8 Å². The van der Waals surface area contributed by atoms with Gasteiger partial charge in [0.15, 0.2) is 23.3 Å². The fraction of sp³-hybridized carbons (Fsp3) is 0.312. The molecule has 21 heavy (non-hydrogen) atoms. The van der Waals surface area contributed by atoms with Crippen LogP contribution >= 0.6 is 0 Å². The molecule has 1 heterocycles. The highest BCUT2D eigenvalue weighted by molar-refractivity contribution is 5.47. The second kappa shape index (κ2) is 7.02. The molecule has 0 aliphatic rings. The van der Waals surface area contributed by atoms with E-state index in [-0.39, 0.29) is 17.6 Å². The Balaban J connectivity index is 2.07. The molecule has 0 aliphatic heterocycles. The first-order valence-electron chi connectivity index (χ1n) is 7.00. The molecule has 0 aliphatic carbocycles. The lowest BCUT2D eigenvalue weighted by Crippen LogP contribution is -2.13. The van der Waals surface area contributed by atoms with E-state index in [9.17, 15) is 8.78 Å². The molecule has 0 radical (unpaired) electrons. The van der Waals surface area contributed by atoms with Crippen LogP contribution in [0.2, 0.25) is 0 Å². The molecule has 1 atom stereocenters. The van der Waals surface area contributed by atoms with Gasteiger partial charge in [-0.15, -0.1) is 0 Å². The summed E-state index contributed by atoms with van der Waals surface area (Å²) < 4.78 is 27.2. The highest BCUT2D eigenvalue weighted by atomic mass is 19.1. The van der Waals surface area contributed by atoms with Gasteiger partial charge >= 0.3 is 0 Å². The van der Waals surface area contributed by atoms with Gasteiger partial charge < -0.3 is 10.6 Å². The Bertz CT molecular complexity index is 588. The number of nitrogens with zero attached hydrogens (tertiary/aromatic N) is 1. The molecule has 2 aromatic rings. The number of pyridine rings is 1. The quantitative estimate of drug-likeness (QED) is 0.844. The van der Waals surface area contributed by atoms with Gasteiger partial charge in [-0.2, -0.15) is 0 Å². The average molecular weight is 291 g/mol. The van der Waals surface area contributed by atoms with Crippen LogP contribution in [-0.2, 0) is 0 Å². The molecule has 1 aromatic carbocycles. The van der Waals surface area contributed by atoms with Gasteiger partial charge in [0, 0.05) is 19.2 Å². The normalized spacial score (nSPS) is 12.0. The second-order valence-corrected chi connectivity index (χ2v) is 4.87. The number of nitrogens with one attached hydrogen (secondary N) is 2. The van der Waals surface area contributed by atoms with Gasteiger partial charge in [-0.3, -0.25) is 0 Å². The molecule has 1 unspecified atom stereocenters. The first-order valence-corrected chi connectivity index (χ1v) is 7.00. The highest BCUT2D eigenvalue weighted by Crippen LogP contribution is 2.21. The molecular formula is C16H19F2N3. The van der Waals surface area contributed by atoms with Gasteiger partial charge in [-0.1, -0.05) is 37.3 Å². The summed E-state index contributed by atoms with van der Waals surface area (Å²) in [7, 11) is 0. The first kappa shape index (κ1) is 15.2. The maximum atomic E-state index is 13.7. The van der Waals surface area contributed by atoms with E-state index in [1.54, 1.807) is 0 Å². The maximum absolute atomic E-state index is 13.7. The summed E-state index contributed by atoms with van der Waals surface area (Å²) in [5.41, 5.74) is 1.15. The van der Waals surface area contributed by atoms with E-state index in [4.69, 9.17) is 0 Å². The van der Waals surface area contributed by atoms with Gasteiger partial charge in [0.2, 0.25) is 0 Å². The zero-order valence-electron chi connectivity index (χ0n) is 12.2. The fourth-order valence-electron chi connectivity index (χ4n) is 2.03. The van der Waals surface area contributed by atoms with Crippen molar-refractivity contribution in [1.82, 2.24) is 4.98 Å². The third-order valence-corrected chi connectivity index (χ3v) is 3.22. The maximum Gasteiger partial charge on any atom is 0.168 e. The summed E-state index contributed by atoms with van der Waals surface area (Å²) in [5.74, 6) is -1.05. The Morgan fingerprint density at radius 3 is 2.29 bits per heavy atom. The molecule has 0 saturated carbocycles. The van der Waals surface area contributed by atoms with E-state index in [1.807, 2.05) is 44.2 Å². The highest BCUT2D eigenvalue weighted by Gasteiger charge is 2.12. The second-order valence-electron chi connectivity index (χ2n) is 4.87. The van der Waals surface area contributed by atoms with E-state index in [2.05, 4.69) is 15.6 Å². The molecule has 5 heteroatoms. The molecular weight excluding hydrogens is 272 g/mol. The summed E-state index contributed by atoms with van der Waals surface area (Å²) in [4.78, 5) is 3.95. The van der Waals surface area contributed by atoms with Crippen LogP contribution in [-0.4, -0.2) is 18.1 Å². The van der Waals surface area contributed by atoms with Crippen LogP contribution in [0, 0.1) is 11.6 Å². The Labute approximate surface area is 123 Å². The molecule has 2 rings (SSSR count). The fourth-order valence-corrected chi connectivity index (χ4v) is 2.03. The predicted octanol–water partition coefficient (Wildman–Crippen LogP) is 4.01. The summed E-state index contributed by atoms with van der Waals surface area (Å²) in [6.07, 6.45) is 0. The van der Waals surface area contributed by atoms with E-state index in [1.165, 1.54) is 0 Å². The minimum absolute atomic E-state index is 0.0637. The summed E-state index contributed by atoms with van der Waals surface area (Å²) in [6, 6.07) is 10.8. The Morgan fingerprint density at radius 2 is 1.67 bits per heavy atom. The SMILES string of the molecule is CCNc1nc(NCC(C)c2ccccc2)c(F)cc1F. The number of halogens is 2. The number of aromatic nitrogens is 1. The van der Waals surface area contributed by atoms with Crippen LogP contribution in [0.4, 0.5) is 20.4 Å². The van der Waals surface area contributed by atoms with Crippen LogP contribution in [0.3, 0.4) is 0 Å². The number of hydrogen-bond acceptors (Lipinski definition) is 3. The average Bonchev–Trinajstić information content (AvgIpc) is 2.49. The monoisotopic (exact) mass is 291 g/mol. The van der Waals surface area contributed by atoms with Gasteiger partial charge in [0.1, 0.15) is 0 Å². The van der Waals surface area contributed by atoms with Gasteiger partial charge in [0.25, 0.3) is 0 Å². The van der Waals surface area contributed by atoms with Crippen LogP contribution in [0.5, 0.6) is 0 Å². The molecule has 0 spiro atoms. The molecule has 0 saturated heterocycles. The van der Waals surface area contributed by atoms with Crippen LogP contribution in [0.15, 0.2) is 36.4 Å². The topological polar surface area (TPSA) is 37.0 Å². The van der Waals surface area contributed by atoms with Crippen molar-refractivity contribution < 1.29 is 8.78 Å². The molecule has 3 nitrogen and oxygen atoms in total. The zero-order valence-corrected chi connectivity index (χ0v) is 12.2.